The van der Waals surface area contributed by atoms with E-state index in [4.69, 9.17) is 11.6 Å². The van der Waals surface area contributed by atoms with Crippen LogP contribution in [0.25, 0.3) is 54.1 Å². The minimum absolute atomic E-state index is 0.760. The largest absolute Gasteiger partial charge is 0.354 e. The van der Waals surface area contributed by atoms with Crippen molar-refractivity contribution in [2.75, 3.05) is 0 Å². The number of H-pyrrole nitrogens is 1. The summed E-state index contributed by atoms with van der Waals surface area (Å²) in [7, 11) is 0. The maximum Gasteiger partial charge on any atom is 0.0480 e. The molecule has 0 bridgehead atoms. The van der Waals surface area contributed by atoms with E-state index in [2.05, 4.69) is 59.6 Å². The average molecular weight is 326 g/mol. The molecule has 0 saturated heterocycles. The van der Waals surface area contributed by atoms with Gasteiger partial charge in [0.15, 0.2) is 0 Å². The van der Waals surface area contributed by atoms with Crippen molar-refractivity contribution in [2.24, 2.45) is 0 Å². The summed E-state index contributed by atoms with van der Waals surface area (Å²) < 4.78 is 0. The molecule has 112 valence electrons. The number of aromatic nitrogens is 1. The molecule has 0 unspecified atom stereocenters. The zero-order valence-electron chi connectivity index (χ0n) is 12.7. The lowest BCUT2D eigenvalue weighted by Crippen LogP contribution is -1.84. The topological polar surface area (TPSA) is 15.8 Å². The number of fused-ring (bicyclic) bond motifs is 4. The summed E-state index contributed by atoms with van der Waals surface area (Å²) >= 11 is 6.18. The van der Waals surface area contributed by atoms with Gasteiger partial charge in [0.25, 0.3) is 0 Å². The lowest BCUT2D eigenvalue weighted by molar-refractivity contribution is 1.56. The molecule has 1 heterocycles. The van der Waals surface area contributed by atoms with Crippen molar-refractivity contribution in [3.05, 3.63) is 71.8 Å². The lowest BCUT2D eigenvalue weighted by atomic mass is 9.92. The quantitative estimate of drug-likeness (QED) is 0.293. The molecule has 2 heteroatoms. The second kappa shape index (κ2) is 4.19. The first-order chi connectivity index (χ1) is 11.8. The second-order valence-electron chi connectivity index (χ2n) is 6.47. The number of hydrogen-bond acceptors (Lipinski definition) is 0. The standard InChI is InChI=1S/C22H12ClN/c23-15-7-9-16-18(11-15)24-19-10-14-5-4-12-2-1-3-13-6-8-17(22(16)19)21(14)20(12)13/h1-11,24H. The van der Waals surface area contributed by atoms with E-state index in [1.807, 2.05) is 12.1 Å². The Balaban J connectivity index is 1.99. The van der Waals surface area contributed by atoms with Gasteiger partial charge in [0, 0.05) is 26.8 Å². The lowest BCUT2D eigenvalue weighted by Gasteiger charge is -2.11. The van der Waals surface area contributed by atoms with Crippen LogP contribution in [0.2, 0.25) is 5.02 Å². The highest BCUT2D eigenvalue weighted by atomic mass is 35.5. The monoisotopic (exact) mass is 325 g/mol. The van der Waals surface area contributed by atoms with Crippen molar-refractivity contribution in [3.63, 3.8) is 0 Å². The highest BCUT2D eigenvalue weighted by Gasteiger charge is 2.14. The fourth-order valence-corrected chi connectivity index (χ4v) is 4.35. The van der Waals surface area contributed by atoms with Gasteiger partial charge in [0.05, 0.1) is 0 Å². The Morgan fingerprint density at radius 1 is 0.583 bits per heavy atom. The average Bonchev–Trinajstić information content (AvgIpc) is 2.96. The first kappa shape index (κ1) is 12.6. The van der Waals surface area contributed by atoms with E-state index in [-0.39, 0.29) is 0 Å². The molecule has 1 aromatic heterocycles. The van der Waals surface area contributed by atoms with Gasteiger partial charge < -0.3 is 4.98 Å². The van der Waals surface area contributed by atoms with Gasteiger partial charge in [-0.2, -0.15) is 0 Å². The molecule has 0 aliphatic heterocycles. The Bertz CT molecular complexity index is 1390. The number of hydrogen-bond donors (Lipinski definition) is 1. The van der Waals surface area contributed by atoms with Crippen LogP contribution >= 0.6 is 11.6 Å². The molecule has 6 aromatic rings. The Morgan fingerprint density at radius 3 is 2.21 bits per heavy atom. The van der Waals surface area contributed by atoms with Crippen LogP contribution in [0, 0.1) is 0 Å². The van der Waals surface area contributed by atoms with E-state index in [9.17, 15) is 0 Å². The third-order valence-electron chi connectivity index (χ3n) is 5.17. The highest BCUT2D eigenvalue weighted by Crippen LogP contribution is 2.41. The molecule has 24 heavy (non-hydrogen) atoms. The molecule has 0 radical (unpaired) electrons. The Morgan fingerprint density at radius 2 is 1.33 bits per heavy atom. The molecule has 5 aromatic carbocycles. The summed E-state index contributed by atoms with van der Waals surface area (Å²) in [6.07, 6.45) is 0. The van der Waals surface area contributed by atoms with Crippen LogP contribution in [0.3, 0.4) is 0 Å². The highest BCUT2D eigenvalue weighted by molar-refractivity contribution is 6.34. The van der Waals surface area contributed by atoms with E-state index in [1.165, 1.54) is 43.1 Å². The fourth-order valence-electron chi connectivity index (χ4n) is 4.18. The van der Waals surface area contributed by atoms with E-state index in [0.29, 0.717) is 0 Å². The number of halogens is 1. The number of rotatable bonds is 0. The van der Waals surface area contributed by atoms with Crippen molar-refractivity contribution < 1.29 is 0 Å². The first-order valence-corrected chi connectivity index (χ1v) is 8.45. The predicted molar refractivity (Wildman–Crippen MR) is 105 cm³/mol. The molecule has 1 N–H and O–H groups in total. The van der Waals surface area contributed by atoms with Crippen molar-refractivity contribution in [1.82, 2.24) is 4.98 Å². The molecule has 0 amide bonds. The summed E-state index contributed by atoms with van der Waals surface area (Å²) in [5.41, 5.74) is 2.26. The molecular formula is C22H12ClN. The zero-order chi connectivity index (χ0) is 15.8. The minimum atomic E-state index is 0.760. The fraction of sp³-hybridized carbons (Fsp3) is 0. The summed E-state index contributed by atoms with van der Waals surface area (Å²) in [6, 6.07) is 23.8. The first-order valence-electron chi connectivity index (χ1n) is 8.07. The Hall–Kier alpha value is -2.77. The molecular weight excluding hydrogens is 314 g/mol. The van der Waals surface area contributed by atoms with Crippen molar-refractivity contribution >= 4 is 65.7 Å². The van der Waals surface area contributed by atoms with E-state index in [1.54, 1.807) is 0 Å². The third kappa shape index (κ3) is 1.46. The molecule has 0 fully saturated rings. The summed E-state index contributed by atoms with van der Waals surface area (Å²) in [5, 5.41) is 11.2. The van der Waals surface area contributed by atoms with Crippen molar-refractivity contribution in [3.8, 4) is 0 Å². The van der Waals surface area contributed by atoms with Gasteiger partial charge in [-0.05, 0) is 50.5 Å². The van der Waals surface area contributed by atoms with Crippen LogP contribution in [0.15, 0.2) is 66.7 Å². The van der Waals surface area contributed by atoms with Crippen LogP contribution in [-0.2, 0) is 0 Å². The SMILES string of the molecule is Clc1ccc2c(c1)[nH]c1cc3ccc4cccc5ccc(c12)c3c45. The number of aromatic amines is 1. The minimum Gasteiger partial charge on any atom is -0.354 e. The van der Waals surface area contributed by atoms with Gasteiger partial charge in [-0.1, -0.05) is 60.1 Å². The maximum atomic E-state index is 6.18. The molecule has 0 aliphatic carbocycles. The summed E-state index contributed by atoms with van der Waals surface area (Å²) in [6.45, 7) is 0. The van der Waals surface area contributed by atoms with Gasteiger partial charge in [0.2, 0.25) is 0 Å². The normalized spacial score (nSPS) is 12.4. The smallest absolute Gasteiger partial charge is 0.0480 e. The predicted octanol–water partition coefficient (Wildman–Crippen LogP) is 6.87. The van der Waals surface area contributed by atoms with Crippen LogP contribution in [0.5, 0.6) is 0 Å². The summed E-state index contributed by atoms with van der Waals surface area (Å²) in [5.74, 6) is 0. The van der Waals surface area contributed by atoms with Crippen LogP contribution in [0.4, 0.5) is 0 Å². The van der Waals surface area contributed by atoms with Gasteiger partial charge in [-0.3, -0.25) is 0 Å². The number of nitrogens with one attached hydrogen (secondary N) is 1. The van der Waals surface area contributed by atoms with Gasteiger partial charge in [-0.15, -0.1) is 0 Å². The van der Waals surface area contributed by atoms with Gasteiger partial charge in [0.1, 0.15) is 0 Å². The van der Waals surface area contributed by atoms with Crippen LogP contribution < -0.4 is 0 Å². The van der Waals surface area contributed by atoms with Crippen LogP contribution in [0.1, 0.15) is 0 Å². The number of benzene rings is 5. The van der Waals surface area contributed by atoms with Crippen molar-refractivity contribution in [1.29, 1.82) is 0 Å². The summed E-state index contributed by atoms with van der Waals surface area (Å²) in [4.78, 5) is 3.54. The van der Waals surface area contributed by atoms with Crippen molar-refractivity contribution in [2.45, 2.75) is 0 Å². The van der Waals surface area contributed by atoms with E-state index in [0.717, 1.165) is 16.1 Å². The molecule has 6 rings (SSSR count). The zero-order valence-corrected chi connectivity index (χ0v) is 13.5. The van der Waals surface area contributed by atoms with E-state index < -0.39 is 0 Å². The third-order valence-corrected chi connectivity index (χ3v) is 5.40. The molecule has 0 spiro atoms. The second-order valence-corrected chi connectivity index (χ2v) is 6.91. The molecule has 0 atom stereocenters. The molecule has 0 aliphatic rings. The molecule has 1 nitrogen and oxygen atoms in total. The van der Waals surface area contributed by atoms with Gasteiger partial charge >= 0.3 is 0 Å². The molecule has 0 saturated carbocycles. The Kier molecular flexibility index (Phi) is 2.21. The van der Waals surface area contributed by atoms with Crippen LogP contribution in [-0.4, -0.2) is 4.98 Å². The maximum absolute atomic E-state index is 6.18. The Labute approximate surface area is 142 Å². The van der Waals surface area contributed by atoms with Gasteiger partial charge in [-0.25, -0.2) is 0 Å². The van der Waals surface area contributed by atoms with E-state index >= 15 is 0 Å².